The molecule has 0 aliphatic rings. The van der Waals surface area contributed by atoms with Crippen LogP contribution in [0.5, 0.6) is 0 Å². The van der Waals surface area contributed by atoms with E-state index in [2.05, 4.69) is 31.9 Å². The topological polar surface area (TPSA) is 360 Å². The van der Waals surface area contributed by atoms with Gasteiger partial charge in [-0.15, -0.1) is 0 Å². The molecule has 3 rings (SSSR count). The van der Waals surface area contributed by atoms with Gasteiger partial charge in [0, 0.05) is 74.3 Å². The summed E-state index contributed by atoms with van der Waals surface area (Å²) in [4.78, 5) is 151. The molecule has 498 valence electrons. The van der Waals surface area contributed by atoms with Crippen molar-refractivity contribution in [1.82, 2.24) is 41.0 Å². The maximum Gasteiger partial charge on any atom is 0.410 e. The lowest BCUT2D eigenvalue weighted by Crippen LogP contribution is -2.63. The fraction of sp³-hybridized carbons (Fsp3) is 0.578. The number of benzene rings is 2. The number of nitrogens with two attached hydrogens (primary N) is 2. The van der Waals surface area contributed by atoms with Crippen LogP contribution in [0.1, 0.15) is 133 Å². The molecular formula is C64H97N11O15. The summed E-state index contributed by atoms with van der Waals surface area (Å²) in [5, 5.41) is 17.0. The summed E-state index contributed by atoms with van der Waals surface area (Å²) < 4.78 is 22.7. The first kappa shape index (κ1) is 75.7. The van der Waals surface area contributed by atoms with E-state index in [4.69, 9.17) is 30.4 Å². The number of likely N-dealkylation sites (N-methyl/N-ethyl adjacent to an activating group) is 2. The molecule has 0 saturated carbocycles. The summed E-state index contributed by atoms with van der Waals surface area (Å²) in [6, 6.07) is 5.39. The SMILES string of the molecule is CCOC(=O)CC[C@@H](NC(=O)[C@@H](CCC(=O)OC)NC(=O)/C(C)=C/[C@H](C(C)C)N(C)C(=O)[C@@H](NC(=O)C(N(C)C(=O)OCc1ccc(NC(=O)[C@H](CCCNC(N)=O)NC(=O)[C@@H](N)C(C)C)cc1)C(C)(C)c1cn(C)c2ccccc12)C(C)(C)C)C(=O)OCC. The monoisotopic (exact) mass is 1260 g/mol. The number of nitrogens with one attached hydrogen (secondary N) is 6. The number of esters is 3. The van der Waals surface area contributed by atoms with Crippen molar-refractivity contribution in [2.24, 2.45) is 35.8 Å². The van der Waals surface area contributed by atoms with Gasteiger partial charge in [0.15, 0.2) is 0 Å². The summed E-state index contributed by atoms with van der Waals surface area (Å²) in [5.74, 6) is -6.51. The van der Waals surface area contributed by atoms with Crippen LogP contribution in [-0.4, -0.2) is 163 Å². The van der Waals surface area contributed by atoms with Crippen molar-refractivity contribution >= 4 is 82.1 Å². The standard InChI is InChI=1S/C64H97N11O15/c1-17-88-50(77)32-30-46(60(84)89-18-2)71-56(80)45(29-31-49(76)87-16)69-54(78)39(7)34-48(37(3)4)74(14)59(83)52(63(8,9)10)72-58(82)53(64(11,12)43-35-73(13)47-24-20-19-22-42(43)47)75(15)62(86)90-36-40-25-27-41(28-26-40)68-55(79)44(23-21-33-67-61(66)85)70-57(81)51(65)38(5)6/h19-20,22,24-28,34-35,37-38,44-46,48,51-53H,17-18,21,23,29-33,36,65H2,1-16H3,(H,68,79)(H,69,78)(H,70,81)(H,71,80)(H,72,82)(H3,66,67,85)/b39-34+/t44-,45+,46+,48+,51-,52+,53?/m0/s1. The van der Waals surface area contributed by atoms with Crippen LogP contribution in [0.3, 0.4) is 0 Å². The minimum atomic E-state index is -1.39. The number of aryl methyl sites for hydroxylation is 1. The number of carbonyl (C=O) groups is 11. The Hall–Kier alpha value is -8.55. The predicted molar refractivity (Wildman–Crippen MR) is 338 cm³/mol. The Balaban J connectivity index is 1.97. The third-order valence-corrected chi connectivity index (χ3v) is 15.4. The average molecular weight is 1260 g/mol. The Morgan fingerprint density at radius 2 is 1.28 bits per heavy atom. The van der Waals surface area contributed by atoms with Gasteiger partial charge in [0.1, 0.15) is 36.8 Å². The Labute approximate surface area is 528 Å². The highest BCUT2D eigenvalue weighted by Gasteiger charge is 2.47. The highest BCUT2D eigenvalue weighted by molar-refractivity contribution is 5.99. The number of carbonyl (C=O) groups excluding carboxylic acids is 11. The molecule has 26 heteroatoms. The number of primary amides is 1. The largest absolute Gasteiger partial charge is 0.469 e. The molecule has 2 aromatic carbocycles. The van der Waals surface area contributed by atoms with Crippen molar-refractivity contribution < 1.29 is 71.7 Å². The number of methoxy groups -OCH3 is 1. The molecule has 1 unspecified atom stereocenters. The molecule has 9 amide bonds. The number of nitrogens with zero attached hydrogens (tertiary/aromatic N) is 3. The lowest BCUT2D eigenvalue weighted by atomic mass is 9.76. The number of rotatable bonds is 33. The van der Waals surface area contributed by atoms with E-state index >= 15 is 9.59 Å². The molecule has 1 aromatic heterocycles. The van der Waals surface area contributed by atoms with Crippen LogP contribution >= 0.6 is 0 Å². The molecule has 0 fully saturated rings. The third kappa shape index (κ3) is 22.2. The summed E-state index contributed by atoms with van der Waals surface area (Å²) in [6.07, 6.45) is 2.10. The second-order valence-electron chi connectivity index (χ2n) is 24.5. The van der Waals surface area contributed by atoms with E-state index in [0.29, 0.717) is 17.7 Å². The normalized spacial score (nSPS) is 14.1. The number of ether oxygens (including phenoxy) is 4. The van der Waals surface area contributed by atoms with Gasteiger partial charge >= 0.3 is 30.0 Å². The minimum Gasteiger partial charge on any atom is -0.469 e. The highest BCUT2D eigenvalue weighted by Crippen LogP contribution is 2.37. The van der Waals surface area contributed by atoms with Gasteiger partial charge in [0.25, 0.3) is 0 Å². The fourth-order valence-corrected chi connectivity index (χ4v) is 10.1. The highest BCUT2D eigenvalue weighted by atomic mass is 16.6. The van der Waals surface area contributed by atoms with Crippen LogP contribution < -0.4 is 43.4 Å². The number of hydrogen-bond acceptors (Lipinski definition) is 16. The summed E-state index contributed by atoms with van der Waals surface area (Å²) >= 11 is 0. The number of aromatic nitrogens is 1. The van der Waals surface area contributed by atoms with Gasteiger partial charge in [-0.2, -0.15) is 0 Å². The van der Waals surface area contributed by atoms with Gasteiger partial charge in [-0.1, -0.05) is 98.7 Å². The van der Waals surface area contributed by atoms with Crippen molar-refractivity contribution in [2.75, 3.05) is 46.3 Å². The molecule has 26 nitrogen and oxygen atoms in total. The molecular weight excluding hydrogens is 1160 g/mol. The Bertz CT molecular complexity index is 3020. The smallest absolute Gasteiger partial charge is 0.410 e. The first-order valence-electron chi connectivity index (χ1n) is 30.3. The molecule has 0 spiro atoms. The molecule has 0 saturated heterocycles. The van der Waals surface area contributed by atoms with Crippen molar-refractivity contribution in [2.45, 2.75) is 176 Å². The average Bonchev–Trinajstić information content (AvgIpc) is 1.61. The molecule has 0 aliphatic heterocycles. The van der Waals surface area contributed by atoms with Gasteiger partial charge < -0.3 is 71.8 Å². The second-order valence-corrected chi connectivity index (χ2v) is 24.5. The van der Waals surface area contributed by atoms with Gasteiger partial charge in [0.2, 0.25) is 35.4 Å². The van der Waals surface area contributed by atoms with Gasteiger partial charge in [-0.25, -0.2) is 14.4 Å². The van der Waals surface area contributed by atoms with Crippen molar-refractivity contribution in [3.05, 3.63) is 77.5 Å². The van der Waals surface area contributed by atoms with E-state index in [9.17, 15) is 43.2 Å². The number of hydrogen-bond donors (Lipinski definition) is 8. The number of urea groups is 1. The van der Waals surface area contributed by atoms with E-state index in [1.165, 1.54) is 37.9 Å². The Kier molecular flexibility index (Phi) is 29.4. The Morgan fingerprint density at radius 1 is 0.689 bits per heavy atom. The number of anilines is 1. The van der Waals surface area contributed by atoms with Crippen LogP contribution in [0.25, 0.3) is 10.9 Å². The quantitative estimate of drug-likeness (QED) is 0.0177. The number of para-hydroxylation sites is 1. The lowest BCUT2D eigenvalue weighted by Gasteiger charge is -2.42. The molecule has 0 aliphatic carbocycles. The summed E-state index contributed by atoms with van der Waals surface area (Å²) in [5.41, 5.74) is 11.7. The van der Waals surface area contributed by atoms with E-state index in [1.54, 1.807) is 78.8 Å². The third-order valence-electron chi connectivity index (χ3n) is 15.4. The number of fused-ring (bicyclic) bond motifs is 1. The first-order valence-corrected chi connectivity index (χ1v) is 30.3. The van der Waals surface area contributed by atoms with Crippen LogP contribution in [0.2, 0.25) is 0 Å². The molecule has 10 N–H and O–H groups in total. The van der Waals surface area contributed by atoms with Crippen LogP contribution in [-0.2, 0) is 81.2 Å². The molecule has 0 radical (unpaired) electrons. The van der Waals surface area contributed by atoms with Crippen LogP contribution in [0.4, 0.5) is 15.3 Å². The van der Waals surface area contributed by atoms with Gasteiger partial charge in [0.05, 0.1) is 32.4 Å². The van der Waals surface area contributed by atoms with Crippen molar-refractivity contribution in [3.8, 4) is 0 Å². The molecule has 90 heavy (non-hydrogen) atoms. The first-order chi connectivity index (χ1) is 42.1. The summed E-state index contributed by atoms with van der Waals surface area (Å²) in [6.45, 7) is 20.9. The van der Waals surface area contributed by atoms with E-state index in [0.717, 1.165) is 16.5 Å². The van der Waals surface area contributed by atoms with Gasteiger partial charge in [-0.3, -0.25) is 43.3 Å². The molecule has 3 aromatic rings. The minimum absolute atomic E-state index is 0.0227. The fourth-order valence-electron chi connectivity index (χ4n) is 10.1. The van der Waals surface area contributed by atoms with E-state index < -0.39 is 119 Å². The molecule has 7 atom stereocenters. The second kappa shape index (κ2) is 35.0. The zero-order chi connectivity index (χ0) is 68.0. The van der Waals surface area contributed by atoms with E-state index in [-0.39, 0.29) is 75.9 Å². The summed E-state index contributed by atoms with van der Waals surface area (Å²) in [7, 11) is 6.01. The van der Waals surface area contributed by atoms with E-state index in [1.807, 2.05) is 69.8 Å². The lowest BCUT2D eigenvalue weighted by molar-refractivity contribution is -0.149. The predicted octanol–water partition coefficient (Wildman–Crippen LogP) is 4.74. The maximum atomic E-state index is 15.4. The van der Waals surface area contributed by atoms with Crippen LogP contribution in [0, 0.1) is 17.3 Å². The Morgan fingerprint density at radius 3 is 1.86 bits per heavy atom. The zero-order valence-electron chi connectivity index (χ0n) is 55.2. The molecule has 0 bridgehead atoms. The zero-order valence-corrected chi connectivity index (χ0v) is 55.2. The maximum absolute atomic E-state index is 15.4. The van der Waals surface area contributed by atoms with Gasteiger partial charge in [-0.05, 0) is 93.0 Å². The van der Waals surface area contributed by atoms with Crippen molar-refractivity contribution in [1.29, 1.82) is 0 Å². The molecule has 1 heterocycles. The van der Waals surface area contributed by atoms with Crippen molar-refractivity contribution in [3.63, 3.8) is 0 Å². The van der Waals surface area contributed by atoms with Crippen LogP contribution in [0.15, 0.2) is 66.4 Å². The number of amides is 9.